The van der Waals surface area contributed by atoms with E-state index in [4.69, 9.17) is 9.53 Å². The number of piperidine rings is 1. The number of likely N-dealkylation sites (tertiary alicyclic amines) is 2. The molecule has 0 spiro atoms. The molecule has 2 saturated heterocycles. The number of benzene rings is 1. The van der Waals surface area contributed by atoms with Crippen molar-refractivity contribution in [3.8, 4) is 17.0 Å². The van der Waals surface area contributed by atoms with Crippen LogP contribution in [0.5, 0.6) is 5.75 Å². The van der Waals surface area contributed by atoms with Crippen LogP contribution in [0.1, 0.15) is 43.5 Å². The first-order chi connectivity index (χ1) is 17.6. The van der Waals surface area contributed by atoms with Crippen molar-refractivity contribution < 1.29 is 28.2 Å². The van der Waals surface area contributed by atoms with Crippen LogP contribution in [0.3, 0.4) is 0 Å². The van der Waals surface area contributed by atoms with Gasteiger partial charge in [0.15, 0.2) is 0 Å². The number of ether oxygens (including phenoxy) is 1. The molecule has 1 unspecified atom stereocenters. The maximum absolute atomic E-state index is 14.7. The van der Waals surface area contributed by atoms with Crippen LogP contribution in [0.15, 0.2) is 36.5 Å². The van der Waals surface area contributed by atoms with Gasteiger partial charge < -0.3 is 25.4 Å². The van der Waals surface area contributed by atoms with Crippen molar-refractivity contribution in [2.24, 2.45) is 11.7 Å². The number of β-amino-alcohol motifs (C(OH)–C–C–N with tert-alkyl or cyclic N) is 1. The third-order valence-corrected chi connectivity index (χ3v) is 6.47. The monoisotopic (exact) mass is 518 g/mol. The summed E-state index contributed by atoms with van der Waals surface area (Å²) >= 11 is 0. The highest BCUT2D eigenvalue weighted by molar-refractivity contribution is 5.95. The van der Waals surface area contributed by atoms with Crippen LogP contribution in [-0.2, 0) is 4.79 Å². The second kappa shape index (κ2) is 12.9. The summed E-state index contributed by atoms with van der Waals surface area (Å²) < 4.78 is 34.4. The van der Waals surface area contributed by atoms with Gasteiger partial charge in [-0.15, -0.1) is 0 Å². The number of aromatic nitrogens is 1. The fourth-order valence-electron chi connectivity index (χ4n) is 4.64. The number of pyridine rings is 1. The Labute approximate surface area is 216 Å². The molecular formula is C27H36F2N4O4. The van der Waals surface area contributed by atoms with Crippen LogP contribution in [0.25, 0.3) is 11.3 Å². The van der Waals surface area contributed by atoms with Crippen LogP contribution in [-0.4, -0.2) is 83.3 Å². The summed E-state index contributed by atoms with van der Waals surface area (Å²) in [6.45, 7) is 6.69. The summed E-state index contributed by atoms with van der Waals surface area (Å²) in [4.78, 5) is 29.1. The summed E-state index contributed by atoms with van der Waals surface area (Å²) in [5.74, 6) is 0.0653. The van der Waals surface area contributed by atoms with Gasteiger partial charge in [-0.1, -0.05) is 6.07 Å². The Bertz CT molecular complexity index is 1040. The molecule has 3 N–H and O–H groups in total. The molecule has 8 nitrogen and oxygen atoms in total. The third kappa shape index (κ3) is 8.46. The standard InChI is InChI=1S/C26H33F2N3O3.CH3NO/c1-26(2,28)17-30-10-7-18(8-11-30)16-34-21-4-6-24(29-14-21)19-3-5-22(23(27)13-19)25(33)31-12-9-20(32)15-31;2-1-3/h3-6,13-14,18,20,32H,7-12,15-17H2,1-2H3;1H,(H2,2,3). The van der Waals surface area contributed by atoms with Crippen molar-refractivity contribution in [2.45, 2.75) is 44.9 Å². The Kier molecular flexibility index (Phi) is 9.93. The maximum Gasteiger partial charge on any atom is 0.256 e. The minimum atomic E-state index is -1.17. The Morgan fingerprint density at radius 3 is 2.46 bits per heavy atom. The normalized spacial score (nSPS) is 18.7. The molecule has 2 aliphatic rings. The summed E-state index contributed by atoms with van der Waals surface area (Å²) in [6, 6.07) is 8.05. The highest BCUT2D eigenvalue weighted by Gasteiger charge is 2.27. The molecule has 37 heavy (non-hydrogen) atoms. The zero-order valence-corrected chi connectivity index (χ0v) is 21.4. The zero-order chi connectivity index (χ0) is 27.0. The van der Waals surface area contributed by atoms with E-state index < -0.39 is 23.5 Å². The minimum absolute atomic E-state index is 0.000992. The minimum Gasteiger partial charge on any atom is -0.492 e. The number of hydrogen-bond acceptors (Lipinski definition) is 6. The largest absolute Gasteiger partial charge is 0.492 e. The van der Waals surface area contributed by atoms with Gasteiger partial charge in [-0.2, -0.15) is 0 Å². The molecule has 2 aliphatic heterocycles. The molecule has 3 heterocycles. The second-order valence-corrected chi connectivity index (χ2v) is 10.2. The number of rotatable bonds is 7. The molecule has 2 amide bonds. The molecule has 2 aromatic rings. The quantitative estimate of drug-likeness (QED) is 0.546. The number of nitrogens with zero attached hydrogens (tertiary/aromatic N) is 3. The second-order valence-electron chi connectivity index (χ2n) is 10.2. The Morgan fingerprint density at radius 1 is 1.22 bits per heavy atom. The average Bonchev–Trinajstić information content (AvgIpc) is 3.29. The Morgan fingerprint density at radius 2 is 1.92 bits per heavy atom. The fourth-order valence-corrected chi connectivity index (χ4v) is 4.64. The summed E-state index contributed by atoms with van der Waals surface area (Å²) in [5.41, 5.74) is 4.15. The van der Waals surface area contributed by atoms with E-state index in [2.05, 4.69) is 15.6 Å². The fraction of sp³-hybridized carbons (Fsp3) is 0.519. The molecule has 0 radical (unpaired) electrons. The lowest BCUT2D eigenvalue weighted by Crippen LogP contribution is -2.41. The lowest BCUT2D eigenvalue weighted by molar-refractivity contribution is -0.106. The van der Waals surface area contributed by atoms with E-state index in [1.807, 2.05) is 6.07 Å². The molecular weight excluding hydrogens is 482 g/mol. The molecule has 202 valence electrons. The number of aliphatic hydroxyl groups is 1. The first-order valence-electron chi connectivity index (χ1n) is 12.5. The van der Waals surface area contributed by atoms with Gasteiger partial charge in [0.1, 0.15) is 17.2 Å². The van der Waals surface area contributed by atoms with Crippen molar-refractivity contribution in [2.75, 3.05) is 39.3 Å². The topological polar surface area (TPSA) is 109 Å². The van der Waals surface area contributed by atoms with Gasteiger partial charge in [-0.05, 0) is 76.4 Å². The van der Waals surface area contributed by atoms with Crippen molar-refractivity contribution in [3.63, 3.8) is 0 Å². The van der Waals surface area contributed by atoms with Crippen LogP contribution in [0, 0.1) is 11.7 Å². The van der Waals surface area contributed by atoms with E-state index in [0.29, 0.717) is 49.0 Å². The molecule has 1 atom stereocenters. The maximum atomic E-state index is 14.7. The number of hydrogen-bond donors (Lipinski definition) is 2. The van der Waals surface area contributed by atoms with Gasteiger partial charge in [0, 0.05) is 25.2 Å². The number of nitrogens with two attached hydrogens (primary N) is 1. The molecule has 10 heteroatoms. The molecule has 2 fully saturated rings. The molecule has 1 aromatic heterocycles. The predicted octanol–water partition coefficient (Wildman–Crippen LogP) is 3.03. The van der Waals surface area contributed by atoms with E-state index in [-0.39, 0.29) is 18.5 Å². The van der Waals surface area contributed by atoms with Crippen LogP contribution >= 0.6 is 0 Å². The number of aliphatic hydroxyl groups excluding tert-OH is 1. The van der Waals surface area contributed by atoms with Gasteiger partial charge in [0.05, 0.1) is 30.2 Å². The smallest absolute Gasteiger partial charge is 0.256 e. The van der Waals surface area contributed by atoms with Gasteiger partial charge in [-0.25, -0.2) is 8.78 Å². The van der Waals surface area contributed by atoms with Crippen LogP contribution in [0.4, 0.5) is 8.78 Å². The van der Waals surface area contributed by atoms with Crippen molar-refractivity contribution >= 4 is 12.3 Å². The SMILES string of the molecule is CC(C)(F)CN1CCC(COc2ccc(-c3ccc(C(=O)N4CCC(O)C4)c(F)c3)nc2)CC1.NC=O. The number of carbonyl (C=O) groups excluding carboxylic acids is 2. The lowest BCUT2D eigenvalue weighted by Gasteiger charge is -2.34. The van der Waals surface area contributed by atoms with Gasteiger partial charge in [-0.3, -0.25) is 14.6 Å². The number of carbonyl (C=O) groups is 2. The number of primary amides is 1. The van der Waals surface area contributed by atoms with Crippen molar-refractivity contribution in [1.82, 2.24) is 14.8 Å². The Hall–Kier alpha value is -3.11. The molecule has 0 bridgehead atoms. The average molecular weight is 519 g/mol. The zero-order valence-electron chi connectivity index (χ0n) is 21.4. The van der Waals surface area contributed by atoms with E-state index in [1.54, 1.807) is 32.2 Å². The molecule has 4 rings (SSSR count). The van der Waals surface area contributed by atoms with Crippen molar-refractivity contribution in [1.29, 1.82) is 0 Å². The highest BCUT2D eigenvalue weighted by Crippen LogP contribution is 2.25. The van der Waals surface area contributed by atoms with E-state index in [0.717, 1.165) is 25.9 Å². The highest BCUT2D eigenvalue weighted by atomic mass is 19.1. The van der Waals surface area contributed by atoms with Crippen molar-refractivity contribution in [3.05, 3.63) is 47.9 Å². The van der Waals surface area contributed by atoms with E-state index in [1.165, 1.54) is 17.0 Å². The Balaban J connectivity index is 0.00000121. The number of amides is 2. The molecule has 1 aromatic carbocycles. The first kappa shape index (κ1) is 28.5. The lowest BCUT2D eigenvalue weighted by atomic mass is 9.97. The van der Waals surface area contributed by atoms with E-state index in [9.17, 15) is 18.7 Å². The van der Waals surface area contributed by atoms with Gasteiger partial charge in [0.2, 0.25) is 6.41 Å². The number of alkyl halides is 1. The van der Waals surface area contributed by atoms with Gasteiger partial charge >= 0.3 is 0 Å². The molecule has 0 saturated carbocycles. The molecule has 0 aliphatic carbocycles. The first-order valence-corrected chi connectivity index (χ1v) is 12.5. The summed E-state index contributed by atoms with van der Waals surface area (Å²) in [6.07, 6.45) is 3.79. The summed E-state index contributed by atoms with van der Waals surface area (Å²) in [7, 11) is 0. The van der Waals surface area contributed by atoms with Crippen LogP contribution in [0.2, 0.25) is 0 Å². The van der Waals surface area contributed by atoms with Gasteiger partial charge in [0.25, 0.3) is 5.91 Å². The predicted molar refractivity (Wildman–Crippen MR) is 136 cm³/mol. The number of halogens is 2. The third-order valence-electron chi connectivity index (χ3n) is 6.47. The summed E-state index contributed by atoms with van der Waals surface area (Å²) in [5, 5.41) is 9.62. The van der Waals surface area contributed by atoms with Crippen LogP contribution < -0.4 is 10.5 Å². The van der Waals surface area contributed by atoms with E-state index >= 15 is 0 Å².